The van der Waals surface area contributed by atoms with E-state index in [0.29, 0.717) is 24.9 Å². The predicted octanol–water partition coefficient (Wildman–Crippen LogP) is 2.59. The normalized spacial score (nSPS) is 16.0. The first-order valence-corrected chi connectivity index (χ1v) is 8.44. The third-order valence-corrected chi connectivity index (χ3v) is 4.20. The van der Waals surface area contributed by atoms with Gasteiger partial charge in [-0.2, -0.15) is 0 Å². The molecule has 0 saturated carbocycles. The molecule has 0 aliphatic carbocycles. The molecule has 6 nitrogen and oxygen atoms in total. The van der Waals surface area contributed by atoms with Crippen molar-refractivity contribution in [3.8, 4) is 5.75 Å². The summed E-state index contributed by atoms with van der Waals surface area (Å²) >= 11 is 0. The van der Waals surface area contributed by atoms with Gasteiger partial charge in [0.2, 0.25) is 0 Å². The molecule has 6 heteroatoms. The molecule has 1 aliphatic heterocycles. The van der Waals surface area contributed by atoms with Gasteiger partial charge in [0.05, 0.1) is 25.5 Å². The quantitative estimate of drug-likeness (QED) is 0.838. The average molecular weight is 341 g/mol. The Bertz CT molecular complexity index is 721. The molecule has 1 amide bonds. The zero-order chi connectivity index (χ0) is 17.6. The fourth-order valence-corrected chi connectivity index (χ4v) is 2.54. The number of rotatable bonds is 7. The lowest BCUT2D eigenvalue weighted by Gasteiger charge is -2.38. The summed E-state index contributed by atoms with van der Waals surface area (Å²) in [4.78, 5) is 18.0. The van der Waals surface area contributed by atoms with E-state index >= 15 is 0 Å². The van der Waals surface area contributed by atoms with Crippen LogP contribution in [0.25, 0.3) is 6.08 Å². The molecule has 0 unspecified atom stereocenters. The molecule has 1 aliphatic rings. The molecule has 1 fully saturated rings. The predicted molar refractivity (Wildman–Crippen MR) is 95.4 cm³/mol. The second-order valence-electron chi connectivity index (χ2n) is 6.21. The van der Waals surface area contributed by atoms with Crippen LogP contribution in [0.5, 0.6) is 5.75 Å². The van der Waals surface area contributed by atoms with Crippen LogP contribution in [-0.4, -0.2) is 48.1 Å². The van der Waals surface area contributed by atoms with Crippen LogP contribution < -0.4 is 10.1 Å². The summed E-state index contributed by atoms with van der Waals surface area (Å²) in [5.74, 6) is 0.986. The van der Waals surface area contributed by atoms with Gasteiger partial charge in [-0.25, -0.2) is 0 Å². The number of likely N-dealkylation sites (tertiary alicyclic amines) is 1. The first kappa shape index (κ1) is 17.2. The number of pyridine rings is 1. The van der Waals surface area contributed by atoms with Crippen LogP contribution in [0.3, 0.4) is 0 Å². The number of nitrogens with zero attached hydrogens (tertiary/aromatic N) is 2. The van der Waals surface area contributed by atoms with Crippen molar-refractivity contribution < 1.29 is 13.9 Å². The van der Waals surface area contributed by atoms with E-state index in [1.54, 1.807) is 29.4 Å². The van der Waals surface area contributed by atoms with E-state index < -0.39 is 0 Å². The lowest BCUT2D eigenvalue weighted by Crippen LogP contribution is -2.56. The van der Waals surface area contributed by atoms with Crippen molar-refractivity contribution in [1.82, 2.24) is 15.2 Å². The Balaban J connectivity index is 1.49. The third kappa shape index (κ3) is 4.48. The number of furan rings is 1. The maximum absolute atomic E-state index is 12.1. The Morgan fingerprint density at radius 3 is 3.08 bits per heavy atom. The molecule has 1 saturated heterocycles. The molecule has 0 bridgehead atoms. The van der Waals surface area contributed by atoms with Gasteiger partial charge in [0.15, 0.2) is 5.76 Å². The highest BCUT2D eigenvalue weighted by molar-refractivity contribution is 5.92. The maximum atomic E-state index is 12.1. The van der Waals surface area contributed by atoms with Gasteiger partial charge in [0.1, 0.15) is 11.9 Å². The standard InChI is InChI=1S/C19H23N3O3/c1-14(20-2)5-3-6-15-9-16(11-21-10-15)25-17-12-22(13-17)19(23)18-7-4-8-24-18/h3-4,6-11,14,17,20H,5,12-13H2,1-2H3/b6-3+/t14-/m0/s1. The molecule has 1 atom stereocenters. The van der Waals surface area contributed by atoms with E-state index in [2.05, 4.69) is 23.3 Å². The molecule has 3 rings (SSSR count). The lowest BCUT2D eigenvalue weighted by molar-refractivity contribution is 0.0154. The minimum absolute atomic E-state index is 0.00995. The van der Waals surface area contributed by atoms with E-state index in [0.717, 1.165) is 17.7 Å². The number of ether oxygens (including phenoxy) is 1. The van der Waals surface area contributed by atoms with Gasteiger partial charge in [-0.15, -0.1) is 0 Å². The largest absolute Gasteiger partial charge is 0.485 e. The third-order valence-electron chi connectivity index (χ3n) is 4.20. The summed E-state index contributed by atoms with van der Waals surface area (Å²) in [5, 5.41) is 3.20. The van der Waals surface area contributed by atoms with Gasteiger partial charge < -0.3 is 19.4 Å². The molecule has 132 valence electrons. The van der Waals surface area contributed by atoms with Crippen LogP contribution in [0.4, 0.5) is 0 Å². The van der Waals surface area contributed by atoms with Crippen molar-refractivity contribution in [3.05, 3.63) is 54.3 Å². The SMILES string of the molecule is CN[C@@H](C)C/C=C/c1cncc(OC2CN(C(=O)c3ccco3)C2)c1. The number of carbonyl (C=O) groups is 1. The zero-order valence-electron chi connectivity index (χ0n) is 14.5. The van der Waals surface area contributed by atoms with Gasteiger partial charge in [0, 0.05) is 12.2 Å². The smallest absolute Gasteiger partial charge is 0.289 e. The monoisotopic (exact) mass is 341 g/mol. The molecule has 2 aromatic rings. The summed E-state index contributed by atoms with van der Waals surface area (Å²) in [6.07, 6.45) is 10.1. The van der Waals surface area contributed by atoms with E-state index in [1.807, 2.05) is 19.2 Å². The number of nitrogens with one attached hydrogen (secondary N) is 1. The second kappa shape index (κ2) is 7.98. The van der Waals surface area contributed by atoms with Gasteiger partial charge in [-0.1, -0.05) is 12.2 Å². The molecule has 0 radical (unpaired) electrons. The molecular weight excluding hydrogens is 318 g/mol. The Morgan fingerprint density at radius 2 is 2.36 bits per heavy atom. The minimum Gasteiger partial charge on any atom is -0.485 e. The van der Waals surface area contributed by atoms with Crippen LogP contribution in [0, 0.1) is 0 Å². The van der Waals surface area contributed by atoms with E-state index in [-0.39, 0.29) is 12.0 Å². The van der Waals surface area contributed by atoms with Crippen LogP contribution >= 0.6 is 0 Å². The lowest BCUT2D eigenvalue weighted by atomic mass is 10.1. The minimum atomic E-state index is -0.0988. The Kier molecular flexibility index (Phi) is 5.50. The van der Waals surface area contributed by atoms with Crippen molar-refractivity contribution in [3.63, 3.8) is 0 Å². The molecule has 0 aromatic carbocycles. The zero-order valence-corrected chi connectivity index (χ0v) is 14.5. The molecular formula is C19H23N3O3. The number of hydrogen-bond acceptors (Lipinski definition) is 5. The molecule has 2 aromatic heterocycles. The summed E-state index contributed by atoms with van der Waals surface area (Å²) in [5.41, 5.74) is 1.00. The van der Waals surface area contributed by atoms with Crippen LogP contribution in [0.1, 0.15) is 29.5 Å². The van der Waals surface area contributed by atoms with Crippen molar-refractivity contribution in [2.45, 2.75) is 25.5 Å². The highest BCUT2D eigenvalue weighted by atomic mass is 16.5. The van der Waals surface area contributed by atoms with Gasteiger partial charge in [-0.05, 0) is 44.2 Å². The molecule has 0 spiro atoms. The number of carbonyl (C=O) groups excluding carboxylic acids is 1. The molecule has 1 N–H and O–H groups in total. The van der Waals surface area contributed by atoms with Crippen molar-refractivity contribution in [1.29, 1.82) is 0 Å². The highest BCUT2D eigenvalue weighted by Crippen LogP contribution is 2.20. The molecule has 25 heavy (non-hydrogen) atoms. The van der Waals surface area contributed by atoms with Gasteiger partial charge in [0.25, 0.3) is 5.91 Å². The Hall–Kier alpha value is -2.60. The highest BCUT2D eigenvalue weighted by Gasteiger charge is 2.33. The van der Waals surface area contributed by atoms with E-state index in [9.17, 15) is 4.79 Å². The second-order valence-corrected chi connectivity index (χ2v) is 6.21. The van der Waals surface area contributed by atoms with E-state index in [1.165, 1.54) is 6.26 Å². The van der Waals surface area contributed by atoms with Crippen LogP contribution in [0.2, 0.25) is 0 Å². The van der Waals surface area contributed by atoms with Gasteiger partial charge >= 0.3 is 0 Å². The van der Waals surface area contributed by atoms with Gasteiger partial charge in [-0.3, -0.25) is 9.78 Å². The van der Waals surface area contributed by atoms with Crippen molar-refractivity contribution in [2.75, 3.05) is 20.1 Å². The summed E-state index contributed by atoms with van der Waals surface area (Å²) in [7, 11) is 1.95. The summed E-state index contributed by atoms with van der Waals surface area (Å²) in [6, 6.07) is 5.79. The summed E-state index contributed by atoms with van der Waals surface area (Å²) in [6.45, 7) is 3.24. The average Bonchev–Trinajstić information content (AvgIpc) is 3.12. The first-order valence-electron chi connectivity index (χ1n) is 8.44. The summed E-state index contributed by atoms with van der Waals surface area (Å²) < 4.78 is 11.0. The topological polar surface area (TPSA) is 67.6 Å². The fraction of sp³-hybridized carbons (Fsp3) is 0.368. The van der Waals surface area contributed by atoms with Crippen LogP contribution in [0.15, 0.2) is 47.3 Å². The van der Waals surface area contributed by atoms with Crippen molar-refractivity contribution >= 4 is 12.0 Å². The molecule has 3 heterocycles. The van der Waals surface area contributed by atoms with Crippen molar-refractivity contribution in [2.24, 2.45) is 0 Å². The number of hydrogen-bond donors (Lipinski definition) is 1. The van der Waals surface area contributed by atoms with E-state index in [4.69, 9.17) is 9.15 Å². The first-order chi connectivity index (χ1) is 12.2. The number of amides is 1. The maximum Gasteiger partial charge on any atom is 0.289 e. The fourth-order valence-electron chi connectivity index (χ4n) is 2.54. The van der Waals surface area contributed by atoms with Crippen LogP contribution in [-0.2, 0) is 0 Å². The Labute approximate surface area is 147 Å². The number of aromatic nitrogens is 1. The Morgan fingerprint density at radius 1 is 1.52 bits per heavy atom.